The molecule has 2 heterocycles. The molecule has 16 heteroatoms. The zero-order valence-corrected chi connectivity index (χ0v) is 22.2. The van der Waals surface area contributed by atoms with Crippen LogP contribution in [0.4, 0.5) is 27.8 Å². The summed E-state index contributed by atoms with van der Waals surface area (Å²) in [5.74, 6) is -4.48. The first-order valence-corrected chi connectivity index (χ1v) is 13.5. The summed E-state index contributed by atoms with van der Waals surface area (Å²) in [5.41, 5.74) is 0.133. The average molecular weight is 605 g/mol. The summed E-state index contributed by atoms with van der Waals surface area (Å²) in [7, 11) is -2.33. The Balaban J connectivity index is 1.96. The predicted octanol–water partition coefficient (Wildman–Crippen LogP) is 4.03. The lowest BCUT2D eigenvalue weighted by molar-refractivity contribution is -0.910. The van der Waals surface area contributed by atoms with E-state index in [0.717, 1.165) is 24.6 Å². The van der Waals surface area contributed by atoms with Crippen molar-refractivity contribution in [2.75, 3.05) is 11.0 Å². The zero-order valence-electron chi connectivity index (χ0n) is 20.6. The Morgan fingerprint density at radius 1 is 1.15 bits per heavy atom. The number of aryl methyl sites for hydroxylation is 1. The summed E-state index contributed by atoms with van der Waals surface area (Å²) >= 11 is 6.36. The van der Waals surface area contributed by atoms with E-state index in [2.05, 4.69) is 9.82 Å². The molecule has 2 aromatic heterocycles. The molecule has 0 saturated carbocycles. The number of carbonyl (C=O) groups is 1. The number of alkyl halides is 3. The first kappa shape index (κ1) is 29.0. The lowest BCUT2D eigenvalue weighted by Gasteiger charge is -2.19. The molecule has 9 nitrogen and oxygen atoms in total. The largest absolute Gasteiger partial charge is 0.471 e. The van der Waals surface area contributed by atoms with Crippen LogP contribution in [-0.4, -0.2) is 41.7 Å². The van der Waals surface area contributed by atoms with E-state index in [0.29, 0.717) is 10.8 Å². The van der Waals surface area contributed by atoms with Crippen LogP contribution in [0.15, 0.2) is 48.7 Å². The van der Waals surface area contributed by atoms with Gasteiger partial charge in [-0.1, -0.05) is 17.7 Å². The highest BCUT2D eigenvalue weighted by Crippen LogP contribution is 2.39. The minimum Gasteiger partial charge on any atom is -0.335 e. The molecule has 3 N–H and O–H groups in total. The lowest BCUT2D eigenvalue weighted by atomic mass is 9.94. The Labute approximate surface area is 228 Å². The highest BCUT2D eigenvalue weighted by molar-refractivity contribution is 7.92. The second-order valence-corrected chi connectivity index (χ2v) is 11.0. The van der Waals surface area contributed by atoms with E-state index < -0.39 is 46.2 Å². The quantitative estimate of drug-likeness (QED) is 0.167. The Kier molecular flexibility index (Phi) is 7.64. The fourth-order valence-corrected chi connectivity index (χ4v) is 5.08. The van der Waals surface area contributed by atoms with Crippen molar-refractivity contribution >= 4 is 44.3 Å². The van der Waals surface area contributed by atoms with Crippen LogP contribution in [0.25, 0.3) is 22.0 Å². The number of hydrogen-bond acceptors (Lipinski definition) is 5. The van der Waals surface area contributed by atoms with E-state index in [1.54, 1.807) is 5.32 Å². The second kappa shape index (κ2) is 10.5. The van der Waals surface area contributed by atoms with Gasteiger partial charge >= 0.3 is 12.1 Å². The van der Waals surface area contributed by atoms with Crippen LogP contribution < -0.4 is 14.8 Å². The van der Waals surface area contributed by atoms with E-state index in [1.165, 1.54) is 36.0 Å². The fraction of sp³-hybridized carbons (Fsp3) is 0.208. The molecule has 0 aliphatic heterocycles. The molecule has 1 atom stereocenters. The van der Waals surface area contributed by atoms with Crippen molar-refractivity contribution in [2.45, 2.75) is 18.6 Å². The van der Waals surface area contributed by atoms with Crippen molar-refractivity contribution in [2.24, 2.45) is 7.05 Å². The van der Waals surface area contributed by atoms with Crippen LogP contribution >= 0.6 is 11.6 Å². The third-order valence-electron chi connectivity index (χ3n) is 5.78. The number of sulfonamides is 1. The molecule has 212 valence electrons. The molecule has 0 saturated heterocycles. The average Bonchev–Trinajstić information content (AvgIpc) is 3.12. The van der Waals surface area contributed by atoms with Gasteiger partial charge in [0.1, 0.15) is 17.7 Å². The Morgan fingerprint density at radius 2 is 1.80 bits per heavy atom. The van der Waals surface area contributed by atoms with Crippen LogP contribution in [0.2, 0.25) is 5.02 Å². The Bertz CT molecular complexity index is 1720. The van der Waals surface area contributed by atoms with Crippen molar-refractivity contribution in [3.8, 4) is 11.1 Å². The van der Waals surface area contributed by atoms with Crippen LogP contribution in [0, 0.1) is 11.6 Å². The summed E-state index contributed by atoms with van der Waals surface area (Å²) < 4.78 is 95.4. The number of pyridine rings is 1. The summed E-state index contributed by atoms with van der Waals surface area (Å²) in [6, 6.07) is 6.29. The minimum atomic E-state index is -5.32. The highest BCUT2D eigenvalue weighted by atomic mass is 35.5. The number of nitrogens with one attached hydrogen (secondary N) is 2. The smallest absolute Gasteiger partial charge is 0.335 e. The number of benzene rings is 2. The molecule has 0 fully saturated rings. The summed E-state index contributed by atoms with van der Waals surface area (Å²) in [6.45, 7) is 0. The number of aromatic nitrogens is 3. The molecule has 0 radical (unpaired) electrons. The van der Waals surface area contributed by atoms with Gasteiger partial charge in [-0.25, -0.2) is 17.2 Å². The van der Waals surface area contributed by atoms with Gasteiger partial charge in [0.05, 0.1) is 27.7 Å². The normalized spacial score (nSPS) is 12.9. The van der Waals surface area contributed by atoms with Crippen LogP contribution in [0.3, 0.4) is 0 Å². The predicted molar refractivity (Wildman–Crippen MR) is 134 cm³/mol. The molecular weight excluding hydrogens is 585 g/mol. The number of hydrogen-bond donors (Lipinski definition) is 3. The lowest BCUT2D eigenvalue weighted by Crippen LogP contribution is -2.46. The van der Waals surface area contributed by atoms with Crippen molar-refractivity contribution in [3.05, 3.63) is 76.6 Å². The molecule has 40 heavy (non-hydrogen) atoms. The van der Waals surface area contributed by atoms with Gasteiger partial charge in [-0.2, -0.15) is 18.3 Å². The third kappa shape index (κ3) is 6.09. The number of amides is 1. The molecule has 0 spiro atoms. The first-order valence-electron chi connectivity index (χ1n) is 11.2. The van der Waals surface area contributed by atoms with Crippen molar-refractivity contribution < 1.29 is 45.1 Å². The SMILES string of the molecule is Cn1nc(NS(C)(=O)=O)c2c(Cl)ccc(-c3ccc[n+](O)c3[C@H](Cc3cc(F)cc(F)c3)NC(=O)C(F)(F)F)c21. The highest BCUT2D eigenvalue weighted by Gasteiger charge is 2.42. The zero-order chi connectivity index (χ0) is 29.6. The van der Waals surface area contributed by atoms with Gasteiger partial charge in [-0.3, -0.25) is 19.4 Å². The third-order valence-corrected chi connectivity index (χ3v) is 6.66. The molecule has 2 aromatic carbocycles. The van der Waals surface area contributed by atoms with Gasteiger partial charge in [0.2, 0.25) is 16.2 Å². The number of fused-ring (bicyclic) bond motifs is 1. The summed E-state index contributed by atoms with van der Waals surface area (Å²) in [5, 5.41) is 17.0. The van der Waals surface area contributed by atoms with Crippen LogP contribution in [0.5, 0.6) is 0 Å². The number of carbonyl (C=O) groups excluding carboxylic acids is 1. The van der Waals surface area contributed by atoms with Gasteiger partial charge in [-0.15, -0.1) is 0 Å². The van der Waals surface area contributed by atoms with Crippen LogP contribution in [0.1, 0.15) is 17.3 Å². The van der Waals surface area contributed by atoms with E-state index in [4.69, 9.17) is 11.6 Å². The van der Waals surface area contributed by atoms with Gasteiger partial charge in [0.15, 0.2) is 5.82 Å². The molecule has 0 unspecified atom stereocenters. The summed E-state index contributed by atoms with van der Waals surface area (Å²) in [6.07, 6.45) is -3.89. The number of nitrogens with zero attached hydrogens (tertiary/aromatic N) is 3. The second-order valence-electron chi connectivity index (χ2n) is 8.82. The standard InChI is InChI=1S/C24H19ClF5N5O4S/c1-34-21-16(5-6-17(25)19(21)22(32-34)33-40(2,38)39)15-4-3-7-35(37)20(15)18(31-23(36)24(28,29)30)10-12-8-13(26)11-14(27)9-12/h3-9,11,18H,10H2,1-2H3,(H2-,31,32,33,36,37)/p+1/t18-/m0/s1. The molecule has 4 aromatic rings. The first-order chi connectivity index (χ1) is 18.5. The molecule has 0 bridgehead atoms. The van der Waals surface area contributed by atoms with E-state index in [9.17, 15) is 40.4 Å². The maximum Gasteiger partial charge on any atom is 0.471 e. The number of anilines is 1. The Morgan fingerprint density at radius 3 is 2.40 bits per heavy atom. The van der Waals surface area contributed by atoms with Crippen molar-refractivity contribution in [3.63, 3.8) is 0 Å². The monoisotopic (exact) mass is 604 g/mol. The minimum absolute atomic E-state index is 0.0740. The molecular formula is C24H20ClF5N5O4S+. The van der Waals surface area contributed by atoms with Gasteiger partial charge < -0.3 is 5.32 Å². The maximum atomic E-state index is 13.9. The Hall–Kier alpha value is -3.98. The van der Waals surface area contributed by atoms with Gasteiger partial charge in [0.25, 0.3) is 5.69 Å². The fourth-order valence-electron chi connectivity index (χ4n) is 4.35. The maximum absolute atomic E-state index is 13.9. The number of rotatable bonds is 7. The van der Waals surface area contributed by atoms with Gasteiger partial charge in [-0.05, 0) is 29.8 Å². The van der Waals surface area contributed by atoms with E-state index in [-0.39, 0.29) is 44.1 Å². The van der Waals surface area contributed by atoms with E-state index >= 15 is 0 Å². The number of halogens is 6. The summed E-state index contributed by atoms with van der Waals surface area (Å²) in [4.78, 5) is 12.0. The van der Waals surface area contributed by atoms with E-state index in [1.807, 2.05) is 0 Å². The topological polar surface area (TPSA) is 117 Å². The van der Waals surface area contributed by atoms with Crippen molar-refractivity contribution in [1.82, 2.24) is 15.1 Å². The van der Waals surface area contributed by atoms with Gasteiger partial charge in [0, 0.05) is 35.9 Å². The molecule has 4 rings (SSSR count). The molecule has 1 amide bonds. The van der Waals surface area contributed by atoms with Crippen LogP contribution in [-0.2, 0) is 28.3 Å². The van der Waals surface area contributed by atoms with Crippen molar-refractivity contribution in [1.29, 1.82) is 0 Å². The molecule has 0 aliphatic rings. The molecule has 0 aliphatic carbocycles.